The molecule has 0 aromatic heterocycles. The van der Waals surface area contributed by atoms with Gasteiger partial charge in [0.1, 0.15) is 29.3 Å². The lowest BCUT2D eigenvalue weighted by atomic mass is 9.77. The number of carbonyl (C=O) groups is 3. The van der Waals surface area contributed by atoms with Crippen LogP contribution in [0.2, 0.25) is 5.02 Å². The van der Waals surface area contributed by atoms with Gasteiger partial charge < -0.3 is 36.8 Å². The van der Waals surface area contributed by atoms with E-state index >= 15 is 0 Å². The van der Waals surface area contributed by atoms with Gasteiger partial charge in [-0.2, -0.15) is 0 Å². The third-order valence-electron chi connectivity index (χ3n) is 5.86. The monoisotopic (exact) mass is 509 g/mol. The van der Waals surface area contributed by atoms with Gasteiger partial charge in [0, 0.05) is 24.8 Å². The van der Waals surface area contributed by atoms with Crippen LogP contribution in [0.1, 0.15) is 28.8 Å². The second-order valence-electron chi connectivity index (χ2n) is 8.51. The molecule has 0 bridgehead atoms. The number of benzene rings is 2. The van der Waals surface area contributed by atoms with E-state index in [9.17, 15) is 39.2 Å². The number of hydrogen-bond acceptors (Lipinski definition) is 7. The molecular formula is C23H25ClFN3O7. The molecule has 5 atom stereocenters. The first kappa shape index (κ1) is 26.4. The average Bonchev–Trinajstić information content (AvgIpc) is 2.79. The van der Waals surface area contributed by atoms with E-state index in [0.29, 0.717) is 5.56 Å². The van der Waals surface area contributed by atoms with Crippen molar-refractivity contribution in [3.05, 3.63) is 64.4 Å². The van der Waals surface area contributed by atoms with Crippen LogP contribution in [0.15, 0.2) is 42.5 Å². The van der Waals surface area contributed by atoms with E-state index < -0.39 is 66.3 Å². The number of aromatic hydroxyl groups is 1. The Bertz CT molecular complexity index is 1120. The molecule has 188 valence electrons. The van der Waals surface area contributed by atoms with Crippen molar-refractivity contribution in [3.63, 3.8) is 0 Å². The average molecular weight is 510 g/mol. The highest BCUT2D eigenvalue weighted by molar-refractivity contribution is 6.31. The molecule has 1 saturated carbocycles. The fourth-order valence-corrected chi connectivity index (χ4v) is 4.08. The highest BCUT2D eigenvalue weighted by atomic mass is 35.5. The number of nitrogens with two attached hydrogens (primary N) is 1. The van der Waals surface area contributed by atoms with Gasteiger partial charge in [-0.1, -0.05) is 23.7 Å². The number of nitrogens with one attached hydrogen (secondary N) is 2. The van der Waals surface area contributed by atoms with Crippen molar-refractivity contribution >= 4 is 29.3 Å². The fourth-order valence-electron chi connectivity index (χ4n) is 3.90. The number of carbonyl (C=O) groups excluding carboxylic acids is 3. The maximum absolute atomic E-state index is 13.4. The van der Waals surface area contributed by atoms with Crippen LogP contribution in [0.25, 0.3) is 0 Å². The van der Waals surface area contributed by atoms with Gasteiger partial charge in [0.05, 0.1) is 17.2 Å². The number of hydrogen-bond donors (Lipinski definition) is 7. The van der Waals surface area contributed by atoms with Gasteiger partial charge in [-0.25, -0.2) is 4.39 Å². The zero-order valence-electron chi connectivity index (χ0n) is 18.3. The highest BCUT2D eigenvalue weighted by Gasteiger charge is 2.49. The number of halogens is 2. The van der Waals surface area contributed by atoms with E-state index in [4.69, 9.17) is 17.3 Å². The molecule has 0 radical (unpaired) electrons. The second-order valence-corrected chi connectivity index (χ2v) is 8.91. The summed E-state index contributed by atoms with van der Waals surface area (Å²) in [6.45, 7) is 0. The summed E-state index contributed by atoms with van der Waals surface area (Å²) in [5, 5.41) is 45.5. The Morgan fingerprint density at radius 3 is 2.40 bits per heavy atom. The number of rotatable bonds is 7. The molecule has 2 aromatic carbocycles. The standard InChI is InChI=1S/C23H25ClFN3O7/c24-14-8-12(3-6-15(14)25)21(33)27-17-9-23(35,10-18(30)19(17)31)22(34)28-16(20(26)32)7-11-1-4-13(29)5-2-11/h1-6,8,16-19,29-31,35H,7,9-10H2,(H2,26,32)(H,27,33)(H,28,34). The van der Waals surface area contributed by atoms with Crippen LogP contribution in [0.5, 0.6) is 5.75 Å². The topological polar surface area (TPSA) is 182 Å². The van der Waals surface area contributed by atoms with E-state index in [1.165, 1.54) is 24.3 Å². The highest BCUT2D eigenvalue weighted by Crippen LogP contribution is 2.30. The molecule has 1 fully saturated rings. The third-order valence-corrected chi connectivity index (χ3v) is 6.15. The first-order valence-electron chi connectivity index (χ1n) is 10.6. The van der Waals surface area contributed by atoms with Crippen molar-refractivity contribution < 1.29 is 39.2 Å². The van der Waals surface area contributed by atoms with E-state index in [1.807, 2.05) is 0 Å². The van der Waals surface area contributed by atoms with Crippen LogP contribution in [0, 0.1) is 5.82 Å². The molecule has 10 nitrogen and oxygen atoms in total. The van der Waals surface area contributed by atoms with Crippen molar-refractivity contribution in [2.24, 2.45) is 5.73 Å². The van der Waals surface area contributed by atoms with Gasteiger partial charge in [-0.3, -0.25) is 14.4 Å². The van der Waals surface area contributed by atoms with Gasteiger partial charge in [-0.15, -0.1) is 0 Å². The zero-order chi connectivity index (χ0) is 25.9. The summed E-state index contributed by atoms with van der Waals surface area (Å²) in [6.07, 6.45) is -4.21. The van der Waals surface area contributed by atoms with Gasteiger partial charge in [-0.05, 0) is 35.9 Å². The molecule has 0 heterocycles. The van der Waals surface area contributed by atoms with Gasteiger partial charge in [0.15, 0.2) is 0 Å². The number of aliphatic hydroxyl groups excluding tert-OH is 2. The SMILES string of the molecule is NC(=O)C(Cc1ccc(O)cc1)NC(=O)C1(O)CC(O)C(O)C(NC(=O)c2ccc(F)c(Cl)c2)C1. The summed E-state index contributed by atoms with van der Waals surface area (Å²) in [5.74, 6) is -3.43. The normalized spacial score (nSPS) is 24.9. The number of aliphatic hydroxyl groups is 3. The molecule has 1 aliphatic carbocycles. The van der Waals surface area contributed by atoms with Crippen LogP contribution in [0.4, 0.5) is 4.39 Å². The summed E-state index contributed by atoms with van der Waals surface area (Å²) >= 11 is 5.69. The molecule has 3 rings (SSSR count). The minimum Gasteiger partial charge on any atom is -0.508 e. The first-order chi connectivity index (χ1) is 16.4. The predicted molar refractivity (Wildman–Crippen MR) is 122 cm³/mol. The van der Waals surface area contributed by atoms with E-state index in [1.54, 1.807) is 0 Å². The van der Waals surface area contributed by atoms with Gasteiger partial charge >= 0.3 is 0 Å². The maximum Gasteiger partial charge on any atom is 0.252 e. The van der Waals surface area contributed by atoms with Gasteiger partial charge in [0.25, 0.3) is 11.8 Å². The van der Waals surface area contributed by atoms with Gasteiger partial charge in [0.2, 0.25) is 5.91 Å². The summed E-state index contributed by atoms with van der Waals surface area (Å²) in [7, 11) is 0. The number of primary amides is 1. The molecule has 0 spiro atoms. The fraction of sp³-hybridized carbons (Fsp3) is 0.348. The van der Waals surface area contributed by atoms with Crippen molar-refractivity contribution in [2.75, 3.05) is 0 Å². The Balaban J connectivity index is 1.73. The lowest BCUT2D eigenvalue weighted by molar-refractivity contribution is -0.159. The van der Waals surface area contributed by atoms with Crippen LogP contribution in [-0.2, 0) is 16.0 Å². The smallest absolute Gasteiger partial charge is 0.252 e. The zero-order valence-corrected chi connectivity index (χ0v) is 19.1. The molecule has 5 unspecified atom stereocenters. The Labute approximate surface area is 204 Å². The Morgan fingerprint density at radius 1 is 1.14 bits per heavy atom. The Kier molecular flexibility index (Phi) is 7.96. The van der Waals surface area contributed by atoms with E-state index in [2.05, 4.69) is 10.6 Å². The van der Waals surface area contributed by atoms with Crippen molar-refractivity contribution in [2.45, 2.75) is 49.2 Å². The Morgan fingerprint density at radius 2 is 1.80 bits per heavy atom. The maximum atomic E-state index is 13.4. The quantitative estimate of drug-likeness (QED) is 0.268. The lowest BCUT2D eigenvalue weighted by Crippen LogP contribution is -2.64. The summed E-state index contributed by atoms with van der Waals surface area (Å²) in [4.78, 5) is 37.4. The summed E-state index contributed by atoms with van der Waals surface area (Å²) in [5.41, 5.74) is 3.66. The van der Waals surface area contributed by atoms with Crippen molar-refractivity contribution in [3.8, 4) is 5.75 Å². The summed E-state index contributed by atoms with van der Waals surface area (Å²) in [6, 6.07) is 6.54. The van der Waals surface area contributed by atoms with E-state index in [-0.39, 0.29) is 22.8 Å². The second kappa shape index (κ2) is 10.6. The molecule has 1 aliphatic rings. The largest absolute Gasteiger partial charge is 0.508 e. The Hall–Kier alpha value is -3.25. The van der Waals surface area contributed by atoms with Crippen molar-refractivity contribution in [1.29, 1.82) is 0 Å². The van der Waals surface area contributed by atoms with Crippen molar-refractivity contribution in [1.82, 2.24) is 10.6 Å². The van der Waals surface area contributed by atoms with Crippen LogP contribution in [-0.4, -0.2) is 68.0 Å². The molecule has 0 saturated heterocycles. The molecule has 12 heteroatoms. The van der Waals surface area contributed by atoms with Crippen LogP contribution < -0.4 is 16.4 Å². The molecule has 8 N–H and O–H groups in total. The molecular weight excluding hydrogens is 485 g/mol. The number of amides is 3. The first-order valence-corrected chi connectivity index (χ1v) is 11.0. The summed E-state index contributed by atoms with van der Waals surface area (Å²) < 4.78 is 13.4. The third kappa shape index (κ3) is 6.25. The predicted octanol–water partition coefficient (Wildman–Crippen LogP) is -0.257. The van der Waals surface area contributed by atoms with Crippen LogP contribution in [0.3, 0.4) is 0 Å². The molecule has 2 aromatic rings. The molecule has 0 aliphatic heterocycles. The minimum atomic E-state index is -2.26. The minimum absolute atomic E-state index is 0.00784. The van der Waals surface area contributed by atoms with E-state index in [0.717, 1.165) is 18.2 Å². The number of phenols is 1. The molecule has 35 heavy (non-hydrogen) atoms. The molecule has 3 amide bonds. The lowest BCUT2D eigenvalue weighted by Gasteiger charge is -2.41. The van der Waals surface area contributed by atoms with Crippen LogP contribution >= 0.6 is 11.6 Å². The number of phenolic OH excluding ortho intramolecular Hbond substituents is 1.